The first-order valence-electron chi connectivity index (χ1n) is 11.6. The number of hydrogen-bond acceptors (Lipinski definition) is 5. The van der Waals surface area contributed by atoms with Gasteiger partial charge in [0.15, 0.2) is 0 Å². The van der Waals surface area contributed by atoms with E-state index in [1.807, 2.05) is 18.2 Å². The molecule has 2 aromatic rings. The Morgan fingerprint density at radius 2 is 1.90 bits per heavy atom. The van der Waals surface area contributed by atoms with E-state index in [1.54, 1.807) is 7.11 Å². The van der Waals surface area contributed by atoms with E-state index in [0.717, 1.165) is 63.0 Å². The van der Waals surface area contributed by atoms with Crippen LogP contribution >= 0.6 is 0 Å². The van der Waals surface area contributed by atoms with Gasteiger partial charge in [-0.25, -0.2) is 4.98 Å². The SMILES string of the molecule is COc1cccc(-c2ccc3c(c2)CCN(CC(=O)N2CCN(C4CCC4)CC2)C3)n1. The van der Waals surface area contributed by atoms with E-state index < -0.39 is 0 Å². The van der Waals surface area contributed by atoms with Gasteiger partial charge in [0, 0.05) is 56.9 Å². The van der Waals surface area contributed by atoms with Gasteiger partial charge in [0.05, 0.1) is 19.3 Å². The van der Waals surface area contributed by atoms with Crippen LogP contribution in [0.4, 0.5) is 0 Å². The van der Waals surface area contributed by atoms with Crippen molar-refractivity contribution in [1.29, 1.82) is 0 Å². The molecule has 6 heteroatoms. The third-order valence-corrected chi connectivity index (χ3v) is 7.14. The van der Waals surface area contributed by atoms with E-state index in [-0.39, 0.29) is 5.91 Å². The number of hydrogen-bond donors (Lipinski definition) is 0. The quantitative estimate of drug-likeness (QED) is 0.745. The summed E-state index contributed by atoms with van der Waals surface area (Å²) < 4.78 is 5.26. The topological polar surface area (TPSA) is 48.9 Å². The number of carbonyl (C=O) groups excluding carboxylic acids is 1. The number of amides is 1. The fourth-order valence-electron chi connectivity index (χ4n) is 4.97. The van der Waals surface area contributed by atoms with Gasteiger partial charge in [0.25, 0.3) is 0 Å². The lowest BCUT2D eigenvalue weighted by atomic mass is 9.91. The number of methoxy groups -OCH3 is 1. The molecule has 0 spiro atoms. The molecule has 1 saturated heterocycles. The molecule has 0 atom stereocenters. The van der Waals surface area contributed by atoms with E-state index in [9.17, 15) is 4.79 Å². The lowest BCUT2D eigenvalue weighted by Crippen LogP contribution is -2.55. The highest BCUT2D eigenvalue weighted by Gasteiger charge is 2.30. The van der Waals surface area contributed by atoms with Crippen molar-refractivity contribution in [1.82, 2.24) is 19.7 Å². The Kier molecular flexibility index (Phi) is 5.92. The van der Waals surface area contributed by atoms with Crippen molar-refractivity contribution < 1.29 is 9.53 Å². The van der Waals surface area contributed by atoms with Crippen molar-refractivity contribution in [2.75, 3.05) is 46.4 Å². The molecule has 2 fully saturated rings. The summed E-state index contributed by atoms with van der Waals surface area (Å²) in [5.41, 5.74) is 4.73. The molecule has 6 nitrogen and oxygen atoms in total. The molecule has 5 rings (SSSR count). The van der Waals surface area contributed by atoms with Crippen LogP contribution in [0.25, 0.3) is 11.3 Å². The average molecular weight is 421 g/mol. The number of ether oxygens (including phenoxy) is 1. The van der Waals surface area contributed by atoms with Crippen molar-refractivity contribution >= 4 is 5.91 Å². The Bertz CT molecular complexity index is 935. The molecule has 164 valence electrons. The number of nitrogens with zero attached hydrogens (tertiary/aromatic N) is 4. The largest absolute Gasteiger partial charge is 0.481 e. The summed E-state index contributed by atoms with van der Waals surface area (Å²) in [5, 5.41) is 0. The highest BCUT2D eigenvalue weighted by atomic mass is 16.5. The summed E-state index contributed by atoms with van der Waals surface area (Å²) in [5.74, 6) is 0.919. The Morgan fingerprint density at radius 3 is 2.65 bits per heavy atom. The Balaban J connectivity index is 1.17. The standard InChI is InChI=1S/C25H32N4O2/c1-31-24-7-3-6-23(26-24)20-8-9-21-17-27(11-10-19(21)16-20)18-25(30)29-14-12-28(13-15-29)22-4-2-5-22/h3,6-9,16,22H,2,4-5,10-15,17-18H2,1H3. The number of fused-ring (bicyclic) bond motifs is 1. The monoisotopic (exact) mass is 420 g/mol. The van der Waals surface area contributed by atoms with Gasteiger partial charge in [0.2, 0.25) is 11.8 Å². The lowest BCUT2D eigenvalue weighted by Gasteiger charge is -2.43. The second-order valence-corrected chi connectivity index (χ2v) is 9.01. The molecule has 0 radical (unpaired) electrons. The molecule has 3 aliphatic rings. The van der Waals surface area contributed by atoms with Crippen LogP contribution in [0, 0.1) is 0 Å². The minimum Gasteiger partial charge on any atom is -0.481 e. The zero-order chi connectivity index (χ0) is 21.2. The summed E-state index contributed by atoms with van der Waals surface area (Å²) in [6, 6.07) is 13.2. The molecular weight excluding hydrogens is 388 g/mol. The molecule has 1 aliphatic carbocycles. The van der Waals surface area contributed by atoms with Gasteiger partial charge in [-0.1, -0.05) is 24.6 Å². The molecular formula is C25H32N4O2. The van der Waals surface area contributed by atoms with Crippen LogP contribution in [0.15, 0.2) is 36.4 Å². The summed E-state index contributed by atoms with van der Waals surface area (Å²) in [4.78, 5) is 24.4. The molecule has 3 heterocycles. The zero-order valence-electron chi connectivity index (χ0n) is 18.4. The maximum Gasteiger partial charge on any atom is 0.236 e. The van der Waals surface area contributed by atoms with Crippen LogP contribution in [0.5, 0.6) is 5.88 Å². The zero-order valence-corrected chi connectivity index (χ0v) is 18.4. The highest BCUT2D eigenvalue weighted by Crippen LogP contribution is 2.27. The smallest absolute Gasteiger partial charge is 0.236 e. The minimum atomic E-state index is 0.286. The van der Waals surface area contributed by atoms with Crippen molar-refractivity contribution in [3.8, 4) is 17.1 Å². The van der Waals surface area contributed by atoms with Gasteiger partial charge in [-0.2, -0.15) is 0 Å². The number of carbonyl (C=O) groups is 1. The Morgan fingerprint density at radius 1 is 1.06 bits per heavy atom. The fraction of sp³-hybridized carbons (Fsp3) is 0.520. The maximum atomic E-state index is 12.9. The summed E-state index contributed by atoms with van der Waals surface area (Å²) in [6.07, 6.45) is 5.03. The van der Waals surface area contributed by atoms with E-state index in [0.29, 0.717) is 12.4 Å². The average Bonchev–Trinajstić information content (AvgIpc) is 2.78. The van der Waals surface area contributed by atoms with Crippen LogP contribution in [-0.2, 0) is 17.8 Å². The van der Waals surface area contributed by atoms with Gasteiger partial charge < -0.3 is 9.64 Å². The predicted octanol–water partition coefficient (Wildman–Crippen LogP) is 2.81. The molecule has 31 heavy (non-hydrogen) atoms. The fourth-order valence-corrected chi connectivity index (χ4v) is 4.97. The highest BCUT2D eigenvalue weighted by molar-refractivity contribution is 5.78. The van der Waals surface area contributed by atoms with Gasteiger partial charge in [-0.15, -0.1) is 0 Å². The molecule has 0 unspecified atom stereocenters. The second kappa shape index (κ2) is 8.97. The van der Waals surface area contributed by atoms with Gasteiger partial charge in [-0.05, 0) is 42.5 Å². The third-order valence-electron chi connectivity index (χ3n) is 7.14. The number of rotatable bonds is 5. The Labute approximate surface area is 184 Å². The van der Waals surface area contributed by atoms with Gasteiger partial charge >= 0.3 is 0 Å². The van der Waals surface area contributed by atoms with Crippen molar-refractivity contribution in [3.63, 3.8) is 0 Å². The first kappa shape index (κ1) is 20.5. The first-order valence-corrected chi connectivity index (χ1v) is 11.6. The van der Waals surface area contributed by atoms with Crippen LogP contribution in [0.1, 0.15) is 30.4 Å². The van der Waals surface area contributed by atoms with Crippen LogP contribution in [0.2, 0.25) is 0 Å². The molecule has 1 amide bonds. The molecule has 1 saturated carbocycles. The molecule has 0 N–H and O–H groups in total. The minimum absolute atomic E-state index is 0.286. The predicted molar refractivity (Wildman–Crippen MR) is 121 cm³/mol. The lowest BCUT2D eigenvalue weighted by molar-refractivity contribution is -0.135. The number of piperazine rings is 1. The van der Waals surface area contributed by atoms with Crippen molar-refractivity contribution in [2.24, 2.45) is 0 Å². The third kappa shape index (κ3) is 4.46. The van der Waals surface area contributed by atoms with E-state index in [4.69, 9.17) is 4.74 Å². The molecule has 2 aliphatic heterocycles. The molecule has 1 aromatic carbocycles. The number of benzene rings is 1. The van der Waals surface area contributed by atoms with Gasteiger partial charge in [0.1, 0.15) is 0 Å². The molecule has 0 bridgehead atoms. The normalized spacial score (nSPS) is 20.2. The first-order chi connectivity index (χ1) is 15.2. The maximum absolute atomic E-state index is 12.9. The van der Waals surface area contributed by atoms with Crippen molar-refractivity contribution in [2.45, 2.75) is 38.3 Å². The Hall–Kier alpha value is -2.44. The van der Waals surface area contributed by atoms with E-state index >= 15 is 0 Å². The summed E-state index contributed by atoms with van der Waals surface area (Å²) in [7, 11) is 1.64. The number of aromatic nitrogens is 1. The second-order valence-electron chi connectivity index (χ2n) is 9.01. The molecule has 1 aromatic heterocycles. The number of pyridine rings is 1. The van der Waals surface area contributed by atoms with Crippen LogP contribution < -0.4 is 4.74 Å². The summed E-state index contributed by atoms with van der Waals surface area (Å²) >= 11 is 0. The van der Waals surface area contributed by atoms with Crippen molar-refractivity contribution in [3.05, 3.63) is 47.5 Å². The van der Waals surface area contributed by atoms with Crippen LogP contribution in [-0.4, -0.2) is 78.0 Å². The summed E-state index contributed by atoms with van der Waals surface area (Å²) in [6.45, 7) is 6.15. The van der Waals surface area contributed by atoms with Crippen LogP contribution in [0.3, 0.4) is 0 Å². The van der Waals surface area contributed by atoms with E-state index in [2.05, 4.69) is 37.9 Å². The van der Waals surface area contributed by atoms with E-state index in [1.165, 1.54) is 30.4 Å². The van der Waals surface area contributed by atoms with Gasteiger partial charge in [-0.3, -0.25) is 14.6 Å².